The lowest BCUT2D eigenvalue weighted by molar-refractivity contribution is -0.385. The van der Waals surface area contributed by atoms with Gasteiger partial charge in [-0.3, -0.25) is 25.1 Å². The van der Waals surface area contributed by atoms with Crippen molar-refractivity contribution >= 4 is 83.3 Å². The van der Waals surface area contributed by atoms with E-state index in [1.165, 1.54) is 113 Å². The second kappa shape index (κ2) is 47.3. The SMILES string of the molecule is Cc1c(F)cccc1C(F)(F)F.Cc1c(F)cccc1F.Cc1ccccc1Br.Cc1ccccc1C(F)(F)F.Cc1ccccc1Cl.Cc1ccccc1I.Cc1ccccc1[N+](=O)[O-].Cc1cccnc1Br.Cc1cccnc1C(F)(F)F.Cc1ncccc1C(F)(F)F.Cc1ncccc1Cl. The summed E-state index contributed by atoms with van der Waals surface area (Å²) in [6, 6.07) is 55.8. The third-order valence-corrected chi connectivity index (χ3v) is 17.0. The topological polar surface area (TPSA) is 94.7 Å². The van der Waals surface area contributed by atoms with Crippen LogP contribution in [0.2, 0.25) is 10.0 Å². The number of nitro benzene ring substituents is 1. The van der Waals surface area contributed by atoms with Gasteiger partial charge in [-0.15, -0.1) is 0 Å². The number of aryl methyl sites for hydroxylation is 9. The first-order chi connectivity index (χ1) is 48.4. The van der Waals surface area contributed by atoms with Crippen molar-refractivity contribution in [1.29, 1.82) is 0 Å². The van der Waals surface area contributed by atoms with Crippen LogP contribution in [0.15, 0.2) is 240 Å². The molecule has 11 rings (SSSR count). The number of halogens is 20. The first kappa shape index (κ1) is 93.8. The number of pyridine rings is 4. The van der Waals surface area contributed by atoms with Gasteiger partial charge < -0.3 is 0 Å². The van der Waals surface area contributed by atoms with Gasteiger partial charge in [0.05, 0.1) is 32.3 Å². The molecule has 4 aromatic heterocycles. The second-order valence-electron chi connectivity index (χ2n) is 21.3. The molecule has 27 heteroatoms. The van der Waals surface area contributed by atoms with Crippen LogP contribution in [0.5, 0.6) is 0 Å². The first-order valence-electron chi connectivity index (χ1n) is 30.2. The number of hydrogen-bond acceptors (Lipinski definition) is 6. The molecule has 0 unspecified atom stereocenters. The highest BCUT2D eigenvalue weighted by atomic mass is 127. The number of aromatic nitrogens is 4. The van der Waals surface area contributed by atoms with Crippen molar-refractivity contribution in [2.45, 2.75) is 101 Å². The van der Waals surface area contributed by atoms with Crippen LogP contribution in [0, 0.1) is 107 Å². The summed E-state index contributed by atoms with van der Waals surface area (Å²) in [5, 5.41) is 11.8. The molecule has 0 saturated heterocycles. The largest absolute Gasteiger partial charge is 0.433 e. The lowest BCUT2D eigenvalue weighted by atomic mass is 10.1. The molecule has 0 radical (unpaired) electrons. The second-order valence-corrected chi connectivity index (χ2v) is 24.9. The monoisotopic (exact) mass is 1740 g/mol. The van der Waals surface area contributed by atoms with E-state index in [0.717, 1.165) is 69.4 Å². The Labute approximate surface area is 635 Å². The summed E-state index contributed by atoms with van der Waals surface area (Å²) in [5.41, 5.74) is 3.93. The Morgan fingerprint density at radius 1 is 0.356 bits per heavy atom. The van der Waals surface area contributed by atoms with E-state index in [0.29, 0.717) is 5.56 Å². The summed E-state index contributed by atoms with van der Waals surface area (Å²) in [7, 11) is 0. The van der Waals surface area contributed by atoms with Crippen molar-refractivity contribution < 1.29 is 70.8 Å². The molecule has 7 aromatic carbocycles. The molecule has 0 aliphatic rings. The smallest absolute Gasteiger partial charge is 0.261 e. The maximum atomic E-state index is 12.6. The van der Waals surface area contributed by atoms with Gasteiger partial charge in [-0.25, -0.2) is 18.2 Å². The fourth-order valence-corrected chi connectivity index (χ4v) is 8.49. The van der Waals surface area contributed by atoms with E-state index in [9.17, 15) is 76.0 Å². The van der Waals surface area contributed by atoms with E-state index in [-0.39, 0.29) is 38.6 Å². The molecule has 0 N–H and O–H groups in total. The van der Waals surface area contributed by atoms with Crippen LogP contribution in [-0.2, 0) is 24.7 Å². The number of alkyl halides is 12. The summed E-state index contributed by atoms with van der Waals surface area (Å²) in [5.74, 6) is -1.81. The van der Waals surface area contributed by atoms with Crippen LogP contribution in [-0.4, -0.2) is 24.9 Å². The molecule has 0 spiro atoms. The third-order valence-electron chi connectivity index (χ3n) is 13.2. The highest BCUT2D eigenvalue weighted by Crippen LogP contribution is 2.34. The molecule has 556 valence electrons. The van der Waals surface area contributed by atoms with Gasteiger partial charge >= 0.3 is 24.7 Å². The molecular formula is C77H71Br2Cl2F15IN5O2. The normalized spacial score (nSPS) is 10.3. The Hall–Kier alpha value is -8.24. The van der Waals surface area contributed by atoms with Crippen molar-refractivity contribution in [2.24, 2.45) is 0 Å². The Bertz CT molecular complexity index is 3870. The lowest BCUT2D eigenvalue weighted by Gasteiger charge is -2.09. The van der Waals surface area contributed by atoms with E-state index in [2.05, 4.69) is 119 Å². The van der Waals surface area contributed by atoms with Crippen molar-refractivity contribution in [1.82, 2.24) is 19.9 Å². The number of hydrogen-bond donors (Lipinski definition) is 0. The van der Waals surface area contributed by atoms with Gasteiger partial charge in [-0.1, -0.05) is 154 Å². The van der Waals surface area contributed by atoms with Crippen molar-refractivity contribution in [3.05, 3.63) is 365 Å². The fourth-order valence-electron chi connectivity index (χ4n) is 7.31. The lowest BCUT2D eigenvalue weighted by Crippen LogP contribution is -2.09. The van der Waals surface area contributed by atoms with Gasteiger partial charge in [-0.2, -0.15) is 52.7 Å². The zero-order valence-electron chi connectivity index (χ0n) is 57.6. The summed E-state index contributed by atoms with van der Waals surface area (Å²) in [4.78, 5) is 24.5. The standard InChI is InChI=1S/C8H6F4.C8H7F3.C7H7Br.C7H7Cl.2C7H6F3N.C7H6F2.C7H7I.C7H7NO2.C6H6BrN.C6H6ClN/c1-5-6(8(10,11)12)3-2-4-7(5)9;1-6-4-2-3-5-7(6)8(9,10)11;2*1-6-4-2-3-5-7(6)8;1-5-6(7(8,9)10)3-2-4-11-5;1-5-3-2-4-11-6(5)7(8,9)10;1-5-6(8)3-2-4-7(5)9;1-6-4-2-3-5-7(6)8;1-6-4-2-3-5-7(6)8(9)10;1-5-3-2-4-8-6(5)7;1-5-6(7)3-2-4-8-5/h2-4H,1H3;2-5H,1H3;2*2-5H,1H3;2*2-4H,1H3;2-4H,1H3;2-5H,1H3;2-5H,1H3;2*2-4H,1H3. The van der Waals surface area contributed by atoms with Crippen molar-refractivity contribution in [2.75, 3.05) is 0 Å². The maximum absolute atomic E-state index is 12.6. The molecule has 4 heterocycles. The molecule has 7 nitrogen and oxygen atoms in total. The Balaban J connectivity index is 0.000000574. The van der Waals surface area contributed by atoms with Crippen LogP contribution in [0.4, 0.5) is 71.5 Å². The number of nitro groups is 1. The molecule has 0 bridgehead atoms. The van der Waals surface area contributed by atoms with E-state index in [4.69, 9.17) is 23.2 Å². The Kier molecular flexibility index (Phi) is 42.6. The van der Waals surface area contributed by atoms with Gasteiger partial charge in [0.25, 0.3) is 5.69 Å². The number of rotatable bonds is 1. The minimum Gasteiger partial charge on any atom is -0.261 e. The first-order valence-corrected chi connectivity index (χ1v) is 33.7. The number of benzene rings is 7. The predicted molar refractivity (Wildman–Crippen MR) is 399 cm³/mol. The van der Waals surface area contributed by atoms with Gasteiger partial charge in [0.15, 0.2) is 0 Å². The Morgan fingerprint density at radius 2 is 0.731 bits per heavy atom. The summed E-state index contributed by atoms with van der Waals surface area (Å²) >= 11 is 20.4. The summed E-state index contributed by atoms with van der Waals surface area (Å²) in [6.45, 7) is 18.5. The van der Waals surface area contributed by atoms with Gasteiger partial charge in [0, 0.05) is 60.7 Å². The van der Waals surface area contributed by atoms with E-state index in [1.54, 1.807) is 43.6 Å². The minimum absolute atomic E-state index is 0.0139. The predicted octanol–water partition coefficient (Wildman–Crippen LogP) is 27.4. The zero-order chi connectivity index (χ0) is 79.1. The van der Waals surface area contributed by atoms with Crippen LogP contribution in [0.1, 0.15) is 83.8 Å². The van der Waals surface area contributed by atoms with Gasteiger partial charge in [-0.05, 0) is 239 Å². The molecule has 0 fully saturated rings. The van der Waals surface area contributed by atoms with Crippen LogP contribution in [0.3, 0.4) is 0 Å². The molecule has 11 aromatic rings. The Morgan fingerprint density at radius 3 is 1.04 bits per heavy atom. The molecule has 0 aliphatic heterocycles. The quantitative estimate of drug-likeness (QED) is 0.0534. The average Bonchev–Trinajstić information content (AvgIpc) is 0.831. The number of nitrogens with zero attached hydrogens (tertiary/aromatic N) is 5. The van der Waals surface area contributed by atoms with Crippen molar-refractivity contribution in [3.8, 4) is 0 Å². The highest BCUT2D eigenvalue weighted by molar-refractivity contribution is 14.1. The molecule has 0 atom stereocenters. The van der Waals surface area contributed by atoms with E-state index in [1.807, 2.05) is 87.5 Å². The summed E-state index contributed by atoms with van der Waals surface area (Å²) in [6.07, 6.45) is -11.3. The third kappa shape index (κ3) is 37.5. The van der Waals surface area contributed by atoms with Crippen molar-refractivity contribution in [3.63, 3.8) is 0 Å². The summed E-state index contributed by atoms with van der Waals surface area (Å²) < 4.78 is 185. The maximum Gasteiger partial charge on any atom is 0.433 e. The highest BCUT2D eigenvalue weighted by Gasteiger charge is 2.35. The molecular weight excluding hydrogens is 1670 g/mol. The van der Waals surface area contributed by atoms with E-state index < -0.39 is 64.5 Å². The molecule has 0 saturated carbocycles. The molecule has 104 heavy (non-hydrogen) atoms. The molecule has 0 aliphatic carbocycles. The average molecular weight is 1740 g/mol. The fraction of sp³-hybridized carbons (Fsp3) is 0.195. The zero-order valence-corrected chi connectivity index (χ0v) is 64.4. The van der Waals surface area contributed by atoms with Crippen LogP contribution >= 0.6 is 77.7 Å². The van der Waals surface area contributed by atoms with Crippen LogP contribution < -0.4 is 0 Å². The van der Waals surface area contributed by atoms with Crippen LogP contribution in [0.25, 0.3) is 0 Å². The number of para-hydroxylation sites is 1. The minimum atomic E-state index is -4.47. The van der Waals surface area contributed by atoms with Gasteiger partial charge in [0.1, 0.15) is 27.7 Å². The molecule has 0 amide bonds. The van der Waals surface area contributed by atoms with E-state index >= 15 is 0 Å². The van der Waals surface area contributed by atoms with Gasteiger partial charge in [0.2, 0.25) is 0 Å².